The highest BCUT2D eigenvalue weighted by Crippen LogP contribution is 2.18. The van der Waals surface area contributed by atoms with Gasteiger partial charge in [-0.1, -0.05) is 11.6 Å². The van der Waals surface area contributed by atoms with Gasteiger partial charge in [0.25, 0.3) is 5.91 Å². The summed E-state index contributed by atoms with van der Waals surface area (Å²) in [5, 5.41) is 11.7. The van der Waals surface area contributed by atoms with Gasteiger partial charge in [0.05, 0.1) is 23.9 Å². The third kappa shape index (κ3) is 3.36. The Bertz CT molecular complexity index is 681. The highest BCUT2D eigenvalue weighted by atomic mass is 16.5. The molecule has 108 valence electrons. The van der Waals surface area contributed by atoms with Gasteiger partial charge < -0.3 is 15.2 Å². The SMILES string of the molecule is COc1ccc(C(=O)Nc2ccc(C)cc2C(=O)O)cn1. The van der Waals surface area contributed by atoms with Crippen LogP contribution in [0.15, 0.2) is 36.5 Å². The summed E-state index contributed by atoms with van der Waals surface area (Å²) in [5.41, 5.74) is 1.41. The number of aryl methyl sites for hydroxylation is 1. The Morgan fingerprint density at radius 1 is 1.24 bits per heavy atom. The van der Waals surface area contributed by atoms with Crippen LogP contribution in [0.25, 0.3) is 0 Å². The summed E-state index contributed by atoms with van der Waals surface area (Å²) in [6.07, 6.45) is 1.36. The average molecular weight is 286 g/mol. The van der Waals surface area contributed by atoms with Crippen LogP contribution in [0.5, 0.6) is 5.88 Å². The molecular formula is C15H14N2O4. The molecule has 0 fully saturated rings. The Hall–Kier alpha value is -2.89. The number of amides is 1. The van der Waals surface area contributed by atoms with Crippen LogP contribution in [-0.2, 0) is 0 Å². The Balaban J connectivity index is 2.24. The number of hydrogen-bond acceptors (Lipinski definition) is 4. The van der Waals surface area contributed by atoms with Gasteiger partial charge in [-0.15, -0.1) is 0 Å². The number of carboxylic acid groups (broad SMARTS) is 1. The molecule has 0 saturated heterocycles. The predicted octanol–water partition coefficient (Wildman–Crippen LogP) is 2.35. The number of hydrogen-bond donors (Lipinski definition) is 2. The molecule has 21 heavy (non-hydrogen) atoms. The van der Waals surface area contributed by atoms with Gasteiger partial charge in [0.2, 0.25) is 5.88 Å². The van der Waals surface area contributed by atoms with Crippen molar-refractivity contribution >= 4 is 17.6 Å². The van der Waals surface area contributed by atoms with Crippen LogP contribution >= 0.6 is 0 Å². The van der Waals surface area contributed by atoms with Crippen LogP contribution in [0.1, 0.15) is 26.3 Å². The first-order valence-electron chi connectivity index (χ1n) is 6.16. The van der Waals surface area contributed by atoms with Crippen LogP contribution in [0, 0.1) is 6.92 Å². The van der Waals surface area contributed by atoms with E-state index in [0.717, 1.165) is 5.56 Å². The lowest BCUT2D eigenvalue weighted by molar-refractivity contribution is 0.0698. The number of anilines is 1. The van der Waals surface area contributed by atoms with Crippen molar-refractivity contribution in [3.05, 3.63) is 53.2 Å². The first kappa shape index (κ1) is 14.5. The molecule has 0 atom stereocenters. The van der Waals surface area contributed by atoms with Crippen molar-refractivity contribution in [1.82, 2.24) is 4.98 Å². The lowest BCUT2D eigenvalue weighted by Crippen LogP contribution is -2.15. The summed E-state index contributed by atoms with van der Waals surface area (Å²) in [7, 11) is 1.48. The van der Waals surface area contributed by atoms with Crippen molar-refractivity contribution < 1.29 is 19.4 Å². The lowest BCUT2D eigenvalue weighted by atomic mass is 10.1. The number of aromatic nitrogens is 1. The third-order valence-electron chi connectivity index (χ3n) is 2.86. The number of nitrogens with zero attached hydrogens (tertiary/aromatic N) is 1. The number of rotatable bonds is 4. The number of benzene rings is 1. The van der Waals surface area contributed by atoms with Crippen LogP contribution < -0.4 is 10.1 Å². The van der Waals surface area contributed by atoms with Gasteiger partial charge >= 0.3 is 5.97 Å². The van der Waals surface area contributed by atoms with E-state index in [-0.39, 0.29) is 11.3 Å². The number of pyridine rings is 1. The second kappa shape index (κ2) is 6.04. The summed E-state index contributed by atoms with van der Waals surface area (Å²) in [4.78, 5) is 27.2. The van der Waals surface area contributed by atoms with E-state index in [9.17, 15) is 9.59 Å². The zero-order valence-corrected chi connectivity index (χ0v) is 11.6. The van der Waals surface area contributed by atoms with E-state index in [1.807, 2.05) is 0 Å². The molecule has 0 unspecified atom stereocenters. The number of nitrogens with one attached hydrogen (secondary N) is 1. The second-order valence-electron chi connectivity index (χ2n) is 4.40. The van der Waals surface area contributed by atoms with Crippen LogP contribution in [0.4, 0.5) is 5.69 Å². The standard InChI is InChI=1S/C15H14N2O4/c1-9-3-5-12(11(7-9)15(19)20)17-14(18)10-4-6-13(21-2)16-8-10/h3-8H,1-2H3,(H,17,18)(H,19,20). The zero-order chi connectivity index (χ0) is 15.4. The monoisotopic (exact) mass is 286 g/mol. The third-order valence-corrected chi connectivity index (χ3v) is 2.86. The minimum Gasteiger partial charge on any atom is -0.481 e. The maximum absolute atomic E-state index is 12.1. The van der Waals surface area contributed by atoms with Gasteiger partial charge in [-0.05, 0) is 25.1 Å². The highest BCUT2D eigenvalue weighted by Gasteiger charge is 2.14. The molecule has 2 aromatic rings. The smallest absolute Gasteiger partial charge is 0.337 e. The summed E-state index contributed by atoms with van der Waals surface area (Å²) in [6.45, 7) is 1.78. The summed E-state index contributed by atoms with van der Waals surface area (Å²) in [5.74, 6) is -1.13. The van der Waals surface area contributed by atoms with Gasteiger partial charge in [0.15, 0.2) is 0 Å². The minimum atomic E-state index is -1.10. The quantitative estimate of drug-likeness (QED) is 0.900. The normalized spacial score (nSPS) is 10.0. The maximum Gasteiger partial charge on any atom is 0.337 e. The number of carboxylic acids is 1. The number of methoxy groups -OCH3 is 1. The summed E-state index contributed by atoms with van der Waals surface area (Å²) < 4.78 is 4.91. The van der Waals surface area contributed by atoms with E-state index < -0.39 is 11.9 Å². The van der Waals surface area contributed by atoms with Crippen LogP contribution in [0.3, 0.4) is 0 Å². The Morgan fingerprint density at radius 2 is 2.00 bits per heavy atom. The molecule has 2 rings (SSSR count). The molecule has 1 aromatic heterocycles. The zero-order valence-electron chi connectivity index (χ0n) is 11.6. The van der Waals surface area contributed by atoms with E-state index in [0.29, 0.717) is 11.4 Å². The molecule has 1 amide bonds. The molecule has 6 nitrogen and oxygen atoms in total. The summed E-state index contributed by atoms with van der Waals surface area (Å²) >= 11 is 0. The van der Waals surface area contributed by atoms with Crippen LogP contribution in [0.2, 0.25) is 0 Å². The summed E-state index contributed by atoms with van der Waals surface area (Å²) in [6, 6.07) is 7.91. The van der Waals surface area contributed by atoms with Gasteiger partial charge in [-0.2, -0.15) is 0 Å². The Labute approximate surface area is 121 Å². The molecule has 0 spiro atoms. The molecule has 0 bridgehead atoms. The first-order chi connectivity index (χ1) is 10.0. The lowest BCUT2D eigenvalue weighted by Gasteiger charge is -2.09. The predicted molar refractivity (Wildman–Crippen MR) is 76.9 cm³/mol. The van der Waals surface area contributed by atoms with E-state index >= 15 is 0 Å². The fourth-order valence-corrected chi connectivity index (χ4v) is 1.77. The molecule has 0 aliphatic rings. The topological polar surface area (TPSA) is 88.5 Å². The van der Waals surface area contributed by atoms with Crippen molar-refractivity contribution in [3.63, 3.8) is 0 Å². The van der Waals surface area contributed by atoms with Gasteiger partial charge in [-0.25, -0.2) is 9.78 Å². The molecule has 0 aliphatic heterocycles. The van der Waals surface area contributed by atoms with Crippen molar-refractivity contribution in [2.45, 2.75) is 6.92 Å². The van der Waals surface area contributed by atoms with E-state index in [1.54, 1.807) is 31.2 Å². The maximum atomic E-state index is 12.1. The van der Waals surface area contributed by atoms with E-state index in [1.165, 1.54) is 19.4 Å². The molecule has 0 saturated carbocycles. The second-order valence-corrected chi connectivity index (χ2v) is 4.40. The molecule has 6 heteroatoms. The number of ether oxygens (including phenoxy) is 1. The number of aromatic carboxylic acids is 1. The molecule has 1 heterocycles. The van der Waals surface area contributed by atoms with Crippen molar-refractivity contribution in [2.24, 2.45) is 0 Å². The first-order valence-corrected chi connectivity index (χ1v) is 6.16. The van der Waals surface area contributed by atoms with E-state index in [4.69, 9.17) is 9.84 Å². The highest BCUT2D eigenvalue weighted by molar-refractivity contribution is 6.07. The minimum absolute atomic E-state index is 0.0461. The molecular weight excluding hydrogens is 272 g/mol. The van der Waals surface area contributed by atoms with Gasteiger partial charge in [0.1, 0.15) is 0 Å². The molecule has 0 aliphatic carbocycles. The molecule has 0 radical (unpaired) electrons. The number of carbonyl (C=O) groups excluding carboxylic acids is 1. The fourth-order valence-electron chi connectivity index (χ4n) is 1.77. The largest absolute Gasteiger partial charge is 0.481 e. The molecule has 1 aromatic carbocycles. The average Bonchev–Trinajstić information content (AvgIpc) is 2.49. The van der Waals surface area contributed by atoms with Crippen molar-refractivity contribution in [3.8, 4) is 5.88 Å². The van der Waals surface area contributed by atoms with E-state index in [2.05, 4.69) is 10.3 Å². The van der Waals surface area contributed by atoms with Crippen molar-refractivity contribution in [1.29, 1.82) is 0 Å². The van der Waals surface area contributed by atoms with Gasteiger partial charge in [-0.3, -0.25) is 4.79 Å². The van der Waals surface area contributed by atoms with Gasteiger partial charge in [0, 0.05) is 12.3 Å². The van der Waals surface area contributed by atoms with Crippen molar-refractivity contribution in [2.75, 3.05) is 12.4 Å². The Morgan fingerprint density at radius 3 is 2.57 bits per heavy atom. The number of carbonyl (C=O) groups is 2. The fraction of sp³-hybridized carbons (Fsp3) is 0.133. The Kier molecular flexibility index (Phi) is 4.18. The molecule has 2 N–H and O–H groups in total. The van der Waals surface area contributed by atoms with Crippen LogP contribution in [-0.4, -0.2) is 29.1 Å².